The van der Waals surface area contributed by atoms with Crippen LogP contribution in [0.1, 0.15) is 25.7 Å². The van der Waals surface area contributed by atoms with Crippen LogP contribution in [0.3, 0.4) is 0 Å². The summed E-state index contributed by atoms with van der Waals surface area (Å²) in [5, 5.41) is 4.93. The van der Waals surface area contributed by atoms with Crippen LogP contribution in [0.2, 0.25) is 0 Å². The summed E-state index contributed by atoms with van der Waals surface area (Å²) in [7, 11) is -1.73. The topological polar surface area (TPSA) is 78.6 Å². The second-order valence-corrected chi connectivity index (χ2v) is 6.99. The Bertz CT molecular complexity index is 519. The molecule has 20 heavy (non-hydrogen) atoms. The minimum Gasteiger partial charge on any atom is -0.493 e. The van der Waals surface area contributed by atoms with Gasteiger partial charge in [-0.1, -0.05) is 18.9 Å². The molecule has 0 aliphatic heterocycles. The molecule has 0 atom stereocenters. The summed E-state index contributed by atoms with van der Waals surface area (Å²) in [6.45, 7) is 0.564. The minimum atomic E-state index is -3.33. The van der Waals surface area contributed by atoms with Crippen molar-refractivity contribution in [2.24, 2.45) is 5.14 Å². The molecular weight excluding hydrogens is 346 g/mol. The zero-order valence-electron chi connectivity index (χ0n) is 11.5. The highest BCUT2D eigenvalue weighted by Gasteiger charge is 2.08. The van der Waals surface area contributed by atoms with Crippen LogP contribution in [-0.2, 0) is 10.0 Å². The van der Waals surface area contributed by atoms with Gasteiger partial charge in [-0.2, -0.15) is 0 Å². The first-order chi connectivity index (χ1) is 9.44. The number of unbranched alkanes of at least 4 members (excludes halogenated alkanes) is 3. The first kappa shape index (κ1) is 17.3. The zero-order chi connectivity index (χ0) is 15.0. The summed E-state index contributed by atoms with van der Waals surface area (Å²) in [4.78, 5) is 0. The van der Waals surface area contributed by atoms with Crippen LogP contribution in [-0.4, -0.2) is 27.9 Å². The van der Waals surface area contributed by atoms with Crippen LogP contribution in [0.25, 0.3) is 0 Å². The zero-order valence-corrected chi connectivity index (χ0v) is 13.9. The molecule has 1 aromatic rings. The second kappa shape index (κ2) is 8.49. The number of methoxy groups -OCH3 is 1. The van der Waals surface area contributed by atoms with Gasteiger partial charge >= 0.3 is 0 Å². The standard InChI is InChI=1S/C13H20BrNO4S/c1-18-12-8-6-7-11(14)13(12)19-9-4-2-3-5-10-20(15,16)17/h6-8H,2-5,9-10H2,1H3,(H2,15,16,17). The maximum Gasteiger partial charge on any atom is 0.209 e. The quantitative estimate of drug-likeness (QED) is 0.682. The molecule has 0 radical (unpaired) electrons. The lowest BCUT2D eigenvalue weighted by atomic mass is 10.2. The molecule has 0 bridgehead atoms. The van der Waals surface area contributed by atoms with Crippen molar-refractivity contribution in [1.82, 2.24) is 0 Å². The van der Waals surface area contributed by atoms with Gasteiger partial charge in [0.25, 0.3) is 0 Å². The highest BCUT2D eigenvalue weighted by molar-refractivity contribution is 9.10. The van der Waals surface area contributed by atoms with Crippen molar-refractivity contribution in [1.29, 1.82) is 0 Å². The lowest BCUT2D eigenvalue weighted by molar-refractivity contribution is 0.283. The fourth-order valence-corrected chi connectivity index (χ4v) is 2.79. The number of hydrogen-bond donors (Lipinski definition) is 1. The van der Waals surface area contributed by atoms with Crippen LogP contribution in [0.5, 0.6) is 11.5 Å². The molecule has 0 saturated heterocycles. The van der Waals surface area contributed by atoms with Gasteiger partial charge in [0.2, 0.25) is 10.0 Å². The molecule has 0 heterocycles. The lowest BCUT2D eigenvalue weighted by Gasteiger charge is -2.12. The summed E-state index contributed by atoms with van der Waals surface area (Å²) < 4.78 is 33.3. The molecular formula is C13H20BrNO4S. The van der Waals surface area contributed by atoms with Crippen molar-refractivity contribution < 1.29 is 17.9 Å². The number of rotatable bonds is 9. The van der Waals surface area contributed by atoms with E-state index in [2.05, 4.69) is 15.9 Å². The van der Waals surface area contributed by atoms with E-state index in [1.54, 1.807) is 7.11 Å². The van der Waals surface area contributed by atoms with Crippen LogP contribution < -0.4 is 14.6 Å². The summed E-state index contributed by atoms with van der Waals surface area (Å²) in [5.41, 5.74) is 0. The number of hydrogen-bond acceptors (Lipinski definition) is 4. The van der Waals surface area contributed by atoms with Crippen molar-refractivity contribution in [3.05, 3.63) is 22.7 Å². The third kappa shape index (κ3) is 6.58. The van der Waals surface area contributed by atoms with E-state index in [4.69, 9.17) is 14.6 Å². The monoisotopic (exact) mass is 365 g/mol. The number of primary sulfonamides is 1. The van der Waals surface area contributed by atoms with Crippen molar-refractivity contribution in [3.63, 3.8) is 0 Å². The number of nitrogens with two attached hydrogens (primary N) is 1. The van der Waals surface area contributed by atoms with Gasteiger partial charge in [0.05, 0.1) is 23.9 Å². The fourth-order valence-electron chi connectivity index (χ4n) is 1.72. The number of ether oxygens (including phenoxy) is 2. The molecule has 2 N–H and O–H groups in total. The molecule has 1 rings (SSSR count). The van der Waals surface area contributed by atoms with Gasteiger partial charge in [-0.25, -0.2) is 13.6 Å². The number of para-hydroxylation sites is 1. The fraction of sp³-hybridized carbons (Fsp3) is 0.538. The normalized spacial score (nSPS) is 11.3. The van der Waals surface area contributed by atoms with E-state index in [1.165, 1.54) is 0 Å². The summed E-state index contributed by atoms with van der Waals surface area (Å²) in [5.74, 6) is 1.43. The van der Waals surface area contributed by atoms with Crippen LogP contribution in [0.4, 0.5) is 0 Å². The van der Waals surface area contributed by atoms with Crippen LogP contribution in [0.15, 0.2) is 22.7 Å². The van der Waals surface area contributed by atoms with E-state index in [1.807, 2.05) is 18.2 Å². The van der Waals surface area contributed by atoms with Gasteiger partial charge in [-0.05, 0) is 40.9 Å². The molecule has 0 aliphatic rings. The summed E-state index contributed by atoms with van der Waals surface area (Å²) in [6.07, 6.45) is 3.18. The summed E-state index contributed by atoms with van der Waals surface area (Å²) >= 11 is 3.42. The maximum absolute atomic E-state index is 10.7. The first-order valence-electron chi connectivity index (χ1n) is 6.40. The van der Waals surface area contributed by atoms with Gasteiger partial charge in [-0.3, -0.25) is 0 Å². The predicted octanol–water partition coefficient (Wildman–Crippen LogP) is 2.69. The lowest BCUT2D eigenvalue weighted by Crippen LogP contribution is -2.16. The van der Waals surface area contributed by atoms with E-state index >= 15 is 0 Å². The van der Waals surface area contributed by atoms with Gasteiger partial charge in [-0.15, -0.1) is 0 Å². The third-order valence-electron chi connectivity index (χ3n) is 2.72. The Balaban J connectivity index is 2.25. The Morgan fingerprint density at radius 2 is 1.90 bits per heavy atom. The Morgan fingerprint density at radius 3 is 2.55 bits per heavy atom. The minimum absolute atomic E-state index is 0.0475. The Hall–Kier alpha value is -0.790. The van der Waals surface area contributed by atoms with E-state index in [9.17, 15) is 8.42 Å². The molecule has 0 aliphatic carbocycles. The molecule has 5 nitrogen and oxygen atoms in total. The first-order valence-corrected chi connectivity index (χ1v) is 8.90. The van der Waals surface area contributed by atoms with Crippen molar-refractivity contribution >= 4 is 26.0 Å². The summed E-state index contributed by atoms with van der Waals surface area (Å²) in [6, 6.07) is 5.61. The highest BCUT2D eigenvalue weighted by Crippen LogP contribution is 2.34. The SMILES string of the molecule is COc1cccc(Br)c1OCCCCCCS(N)(=O)=O. The molecule has 0 aromatic heterocycles. The van der Waals surface area contributed by atoms with Gasteiger partial charge < -0.3 is 9.47 Å². The third-order valence-corrected chi connectivity index (χ3v) is 4.20. The molecule has 0 fully saturated rings. The van der Waals surface area contributed by atoms with E-state index < -0.39 is 10.0 Å². The van der Waals surface area contributed by atoms with Gasteiger partial charge in [0, 0.05) is 0 Å². The van der Waals surface area contributed by atoms with E-state index in [0.29, 0.717) is 24.5 Å². The smallest absolute Gasteiger partial charge is 0.209 e. The Morgan fingerprint density at radius 1 is 1.20 bits per heavy atom. The number of benzene rings is 1. The molecule has 0 saturated carbocycles. The molecule has 7 heteroatoms. The average Bonchev–Trinajstić information content (AvgIpc) is 2.37. The van der Waals surface area contributed by atoms with E-state index in [0.717, 1.165) is 23.7 Å². The molecule has 0 amide bonds. The largest absolute Gasteiger partial charge is 0.493 e. The average molecular weight is 366 g/mol. The second-order valence-electron chi connectivity index (χ2n) is 4.40. The van der Waals surface area contributed by atoms with Crippen LogP contribution in [0, 0.1) is 0 Å². The van der Waals surface area contributed by atoms with Crippen molar-refractivity contribution in [3.8, 4) is 11.5 Å². The highest BCUT2D eigenvalue weighted by atomic mass is 79.9. The molecule has 114 valence electrons. The Kier molecular flexibility index (Phi) is 7.32. The van der Waals surface area contributed by atoms with Crippen molar-refractivity contribution in [2.45, 2.75) is 25.7 Å². The maximum atomic E-state index is 10.7. The van der Waals surface area contributed by atoms with Crippen LogP contribution >= 0.6 is 15.9 Å². The molecule has 1 aromatic carbocycles. The number of sulfonamides is 1. The van der Waals surface area contributed by atoms with Gasteiger partial charge in [0.1, 0.15) is 0 Å². The molecule has 0 unspecified atom stereocenters. The molecule has 0 spiro atoms. The number of halogens is 1. The van der Waals surface area contributed by atoms with Gasteiger partial charge in [0.15, 0.2) is 11.5 Å². The Labute approximate surface area is 128 Å². The van der Waals surface area contributed by atoms with Crippen molar-refractivity contribution in [2.75, 3.05) is 19.5 Å². The predicted molar refractivity (Wildman–Crippen MR) is 82.6 cm³/mol. The van der Waals surface area contributed by atoms with E-state index in [-0.39, 0.29) is 5.75 Å².